The average molecular weight is 769 g/mol. The highest BCUT2D eigenvalue weighted by Crippen LogP contribution is 2.57. The molecule has 0 bridgehead atoms. The van der Waals surface area contributed by atoms with E-state index in [1.54, 1.807) is 15.8 Å². The lowest BCUT2D eigenvalue weighted by molar-refractivity contribution is -0.148. The van der Waals surface area contributed by atoms with Crippen LogP contribution in [0.4, 0.5) is 0 Å². The molecule has 3 aromatic rings. The molecule has 1 N–H and O–H groups in total. The van der Waals surface area contributed by atoms with E-state index in [9.17, 15) is 27.6 Å². The Morgan fingerprint density at radius 2 is 1.51 bits per heavy atom. The van der Waals surface area contributed by atoms with Crippen LogP contribution in [0.2, 0.25) is 0 Å². The van der Waals surface area contributed by atoms with E-state index in [-0.39, 0.29) is 55.7 Å². The number of nitrogens with one attached hydrogen (secondary N) is 1. The highest BCUT2D eigenvalue weighted by molar-refractivity contribution is 7.90. The summed E-state index contributed by atoms with van der Waals surface area (Å²) >= 11 is 0. The van der Waals surface area contributed by atoms with Crippen molar-refractivity contribution in [3.8, 4) is 22.5 Å². The Bertz CT molecular complexity index is 1990. The van der Waals surface area contributed by atoms with Crippen LogP contribution >= 0.6 is 0 Å². The van der Waals surface area contributed by atoms with E-state index in [0.29, 0.717) is 37.3 Å². The minimum absolute atomic E-state index is 0.0185. The predicted octanol–water partition coefficient (Wildman–Crippen LogP) is 5.58. The zero-order valence-electron chi connectivity index (χ0n) is 32.0. The molecule has 3 heterocycles. The molecule has 1 aromatic heterocycles. The van der Waals surface area contributed by atoms with Gasteiger partial charge in [-0.3, -0.25) is 23.9 Å². The number of sulfonamides is 1. The molecule has 12 nitrogen and oxygen atoms in total. The second kappa shape index (κ2) is 15.1. The molecule has 4 fully saturated rings. The largest absolute Gasteiger partial charge is 0.343 e. The van der Waals surface area contributed by atoms with Gasteiger partial charge in [-0.1, -0.05) is 87.5 Å². The fraction of sp³-hybridized carbons (Fsp3) is 0.524. The SMILES string of the molecule is C=CC1C[C@]1(CC(=O)[C@@H]1C[C@@H](n2nc(-c3ccccc3)c(-c3ccccc3)n2)CN1C(=O)[C@@H](CC(=O)N1CCCCC1)C(C)(C)C)C(=O)NS(=O)(=O)C1CC1. The summed E-state index contributed by atoms with van der Waals surface area (Å²) in [6, 6.07) is 18.0. The van der Waals surface area contributed by atoms with Gasteiger partial charge in [-0.05, 0) is 49.9 Å². The normalized spacial score (nSPS) is 24.6. The molecule has 0 radical (unpaired) electrons. The third-order valence-electron chi connectivity index (χ3n) is 12.0. The molecule has 55 heavy (non-hydrogen) atoms. The van der Waals surface area contributed by atoms with Crippen molar-refractivity contribution in [1.29, 1.82) is 0 Å². The number of allylic oxidation sites excluding steroid dienone is 1. The van der Waals surface area contributed by atoms with Gasteiger partial charge >= 0.3 is 0 Å². The summed E-state index contributed by atoms with van der Waals surface area (Å²) in [7, 11) is -3.85. The number of benzene rings is 2. The van der Waals surface area contributed by atoms with E-state index in [2.05, 4.69) is 11.3 Å². The van der Waals surface area contributed by atoms with Crippen molar-refractivity contribution in [3.63, 3.8) is 0 Å². The van der Waals surface area contributed by atoms with E-state index < -0.39 is 50.0 Å². The molecule has 13 heteroatoms. The molecule has 2 aromatic carbocycles. The molecule has 1 unspecified atom stereocenters. The second-order valence-corrected chi connectivity index (χ2v) is 18.9. The summed E-state index contributed by atoms with van der Waals surface area (Å²) in [6.07, 6.45) is 5.77. The van der Waals surface area contributed by atoms with Crippen LogP contribution in [0.3, 0.4) is 0 Å². The Morgan fingerprint density at radius 1 is 0.927 bits per heavy atom. The monoisotopic (exact) mass is 768 g/mol. The zero-order chi connectivity index (χ0) is 39.1. The van der Waals surface area contributed by atoms with Crippen LogP contribution in [0.5, 0.6) is 0 Å². The molecule has 2 aliphatic heterocycles. The molecular weight excluding hydrogens is 717 g/mol. The maximum absolute atomic E-state index is 14.9. The first-order valence-electron chi connectivity index (χ1n) is 19.6. The zero-order valence-corrected chi connectivity index (χ0v) is 32.8. The number of carbonyl (C=O) groups excluding carboxylic acids is 4. The number of aromatic nitrogens is 3. The van der Waals surface area contributed by atoms with Crippen molar-refractivity contribution >= 4 is 33.5 Å². The highest BCUT2D eigenvalue weighted by atomic mass is 32.2. The van der Waals surface area contributed by atoms with Gasteiger partial charge < -0.3 is 9.80 Å². The predicted molar refractivity (Wildman–Crippen MR) is 208 cm³/mol. The van der Waals surface area contributed by atoms with Gasteiger partial charge in [0.1, 0.15) is 11.4 Å². The van der Waals surface area contributed by atoms with Gasteiger partial charge in [0.05, 0.1) is 28.7 Å². The minimum atomic E-state index is -3.85. The topological polar surface area (TPSA) is 152 Å². The first-order chi connectivity index (χ1) is 26.2. The number of hydrogen-bond acceptors (Lipinski definition) is 8. The number of Topliss-reactive ketones (excluding diaryl/α,β-unsaturated/α-hetero) is 1. The van der Waals surface area contributed by atoms with E-state index in [0.717, 1.165) is 30.4 Å². The summed E-state index contributed by atoms with van der Waals surface area (Å²) in [6.45, 7) is 11.1. The minimum Gasteiger partial charge on any atom is -0.343 e. The van der Waals surface area contributed by atoms with Crippen LogP contribution < -0.4 is 4.72 Å². The Balaban J connectivity index is 1.22. The number of ketones is 1. The van der Waals surface area contributed by atoms with Gasteiger partial charge in [-0.25, -0.2) is 8.42 Å². The number of rotatable bonds is 13. The van der Waals surface area contributed by atoms with Crippen molar-refractivity contribution in [1.82, 2.24) is 29.5 Å². The smallest absolute Gasteiger partial charge is 0.240 e. The summed E-state index contributed by atoms with van der Waals surface area (Å²) in [5, 5.41) is 9.37. The summed E-state index contributed by atoms with van der Waals surface area (Å²) in [5.41, 5.74) is 1.19. The molecular formula is C42H52N6O6S. The van der Waals surface area contributed by atoms with Crippen LogP contribution in [-0.2, 0) is 29.2 Å². The summed E-state index contributed by atoms with van der Waals surface area (Å²) in [4.78, 5) is 61.9. The van der Waals surface area contributed by atoms with Gasteiger partial charge in [0, 0.05) is 50.0 Å². The Morgan fingerprint density at radius 3 is 2.02 bits per heavy atom. The Hall–Kier alpha value is -4.65. The average Bonchev–Trinajstić information content (AvgIpc) is 4.07. The van der Waals surface area contributed by atoms with Crippen LogP contribution in [0, 0.1) is 22.7 Å². The molecule has 0 spiro atoms. The molecule has 4 aliphatic rings. The molecule has 3 amide bonds. The lowest BCUT2D eigenvalue weighted by atomic mass is 9.77. The van der Waals surface area contributed by atoms with Gasteiger partial charge in [-0.2, -0.15) is 15.0 Å². The van der Waals surface area contributed by atoms with Crippen LogP contribution in [0.1, 0.15) is 84.6 Å². The molecule has 2 saturated carbocycles. The molecule has 2 aliphatic carbocycles. The molecule has 2 saturated heterocycles. The van der Waals surface area contributed by atoms with E-state index in [4.69, 9.17) is 10.2 Å². The van der Waals surface area contributed by atoms with E-state index in [1.807, 2.05) is 86.3 Å². The first kappa shape index (κ1) is 38.6. The fourth-order valence-corrected chi connectivity index (χ4v) is 9.70. The maximum atomic E-state index is 14.9. The number of piperidine rings is 1. The van der Waals surface area contributed by atoms with Gasteiger partial charge in [0.2, 0.25) is 27.7 Å². The Kier molecular flexibility index (Phi) is 10.6. The third kappa shape index (κ3) is 8.03. The van der Waals surface area contributed by atoms with Crippen LogP contribution in [0.15, 0.2) is 73.3 Å². The number of nitrogens with zero attached hydrogens (tertiary/aromatic N) is 5. The lowest BCUT2D eigenvalue weighted by Gasteiger charge is -2.36. The fourth-order valence-electron chi connectivity index (χ4n) is 8.32. The van der Waals surface area contributed by atoms with Crippen molar-refractivity contribution in [3.05, 3.63) is 73.3 Å². The molecule has 7 rings (SSSR count). The van der Waals surface area contributed by atoms with Crippen LogP contribution in [-0.4, -0.2) is 87.6 Å². The number of carbonyl (C=O) groups is 4. The molecule has 292 valence electrons. The summed E-state index contributed by atoms with van der Waals surface area (Å²) < 4.78 is 27.9. The maximum Gasteiger partial charge on any atom is 0.240 e. The highest BCUT2D eigenvalue weighted by Gasteiger charge is 2.61. The van der Waals surface area contributed by atoms with Crippen molar-refractivity contribution in [2.24, 2.45) is 22.7 Å². The van der Waals surface area contributed by atoms with Crippen molar-refractivity contribution in [2.45, 2.75) is 95.9 Å². The third-order valence-corrected chi connectivity index (χ3v) is 13.8. The number of hydrogen-bond donors (Lipinski definition) is 1. The van der Waals surface area contributed by atoms with Crippen LogP contribution in [0.25, 0.3) is 22.5 Å². The first-order valence-corrected chi connectivity index (χ1v) is 21.1. The van der Waals surface area contributed by atoms with Crippen molar-refractivity contribution < 1.29 is 27.6 Å². The van der Waals surface area contributed by atoms with Gasteiger partial charge in [0.15, 0.2) is 5.78 Å². The standard InChI is InChI=1S/C42H52N6O6S/c1-5-30-25-42(30,40(52)45-55(53,54)32-19-20-32)26-35(49)34-23-31(27-47(34)39(51)33(41(2,3)4)24-36(50)46-21-13-8-14-22-46)48-43-37(28-15-9-6-10-16-28)38(44-48)29-17-11-7-12-18-29/h5-7,9-12,15-18,30-34H,1,8,13-14,19-27H2,2-4H3,(H,45,52)/t30?,31-,33-,34+,42-/m1/s1. The van der Waals surface area contributed by atoms with Gasteiger partial charge in [-0.15, -0.1) is 6.58 Å². The second-order valence-electron chi connectivity index (χ2n) is 16.9. The molecule has 5 atom stereocenters. The summed E-state index contributed by atoms with van der Waals surface area (Å²) in [5.74, 6) is -2.51. The van der Waals surface area contributed by atoms with E-state index in [1.165, 1.54) is 0 Å². The van der Waals surface area contributed by atoms with E-state index >= 15 is 0 Å². The van der Waals surface area contributed by atoms with Gasteiger partial charge in [0.25, 0.3) is 0 Å². The number of amides is 3. The Labute approximate surface area is 323 Å². The van der Waals surface area contributed by atoms with Crippen molar-refractivity contribution in [2.75, 3.05) is 19.6 Å². The lowest BCUT2D eigenvalue weighted by Crippen LogP contribution is -2.49. The quantitative estimate of drug-likeness (QED) is 0.222. The number of likely N-dealkylation sites (tertiary alicyclic amines) is 2.